The second-order valence-electron chi connectivity index (χ2n) is 13.2. The summed E-state index contributed by atoms with van der Waals surface area (Å²) >= 11 is 0. The maximum Gasteiger partial charge on any atom is 0.227 e. The van der Waals surface area contributed by atoms with Gasteiger partial charge in [-0.25, -0.2) is 9.97 Å². The van der Waals surface area contributed by atoms with E-state index in [1.54, 1.807) is 25.4 Å². The van der Waals surface area contributed by atoms with Crippen molar-refractivity contribution in [1.82, 2.24) is 20.2 Å². The number of benzene rings is 1. The number of methoxy groups -OCH3 is 1. The summed E-state index contributed by atoms with van der Waals surface area (Å²) in [5.41, 5.74) is 1.10. The van der Waals surface area contributed by atoms with Crippen molar-refractivity contribution in [2.75, 3.05) is 32.6 Å². The monoisotopic (exact) mass is 615 g/mol. The minimum absolute atomic E-state index is 0. The molecule has 238 valence electrons. The average Bonchev–Trinajstić information content (AvgIpc) is 3.48. The first kappa shape index (κ1) is 34.7. The number of rotatable bonds is 12. The lowest BCUT2D eigenvalue weighted by Crippen LogP contribution is -2.48. The SMILES string of the molecule is CN[C@@H](C)C(=O)C[C@H](C(=O)N1CCC[C@H]1C(=O)Cc1cc2c(NCC3CCCCC3)ncnc2cc1OC)C(C)(C)C.Cl. The lowest BCUT2D eigenvalue weighted by Gasteiger charge is -2.35. The Morgan fingerprint density at radius 2 is 1.79 bits per heavy atom. The maximum atomic E-state index is 13.9. The molecule has 1 aliphatic heterocycles. The fraction of sp³-hybridized carbons (Fsp3) is 0.667. The van der Waals surface area contributed by atoms with Crippen LogP contribution in [0.3, 0.4) is 0 Å². The summed E-state index contributed by atoms with van der Waals surface area (Å²) in [7, 11) is 3.34. The number of hydrogen-bond acceptors (Lipinski definition) is 8. The van der Waals surface area contributed by atoms with E-state index in [9.17, 15) is 14.4 Å². The quantitative estimate of drug-likeness (QED) is 0.327. The summed E-state index contributed by atoms with van der Waals surface area (Å²) in [6.07, 6.45) is 9.58. The molecule has 1 amide bonds. The van der Waals surface area contributed by atoms with Crippen LogP contribution in [-0.2, 0) is 20.8 Å². The maximum absolute atomic E-state index is 13.9. The van der Waals surface area contributed by atoms with Gasteiger partial charge in [0.25, 0.3) is 0 Å². The number of amides is 1. The van der Waals surface area contributed by atoms with E-state index in [4.69, 9.17) is 4.74 Å². The van der Waals surface area contributed by atoms with Gasteiger partial charge in [-0.1, -0.05) is 40.0 Å². The van der Waals surface area contributed by atoms with Crippen LogP contribution in [0.25, 0.3) is 10.9 Å². The summed E-state index contributed by atoms with van der Waals surface area (Å²) < 4.78 is 5.69. The van der Waals surface area contributed by atoms with Gasteiger partial charge in [0.15, 0.2) is 5.78 Å². The highest BCUT2D eigenvalue weighted by atomic mass is 35.5. The van der Waals surface area contributed by atoms with Crippen LogP contribution < -0.4 is 15.4 Å². The van der Waals surface area contributed by atoms with E-state index in [2.05, 4.69) is 20.6 Å². The molecule has 0 unspecified atom stereocenters. The number of hydrogen-bond donors (Lipinski definition) is 2. The van der Waals surface area contributed by atoms with Crippen molar-refractivity contribution < 1.29 is 19.1 Å². The van der Waals surface area contributed by atoms with Gasteiger partial charge in [-0.2, -0.15) is 0 Å². The molecule has 1 aromatic carbocycles. The number of fused-ring (bicyclic) bond motifs is 1. The number of carbonyl (C=O) groups excluding carboxylic acids is 3. The number of Topliss-reactive ketones (excluding diaryl/α,β-unsaturated/α-hetero) is 2. The van der Waals surface area contributed by atoms with Gasteiger partial charge in [-0.15, -0.1) is 12.4 Å². The van der Waals surface area contributed by atoms with Crippen LogP contribution in [0.2, 0.25) is 0 Å². The number of aromatic nitrogens is 2. The fourth-order valence-corrected chi connectivity index (χ4v) is 6.40. The van der Waals surface area contributed by atoms with Crippen molar-refractivity contribution in [3.63, 3.8) is 0 Å². The second-order valence-corrected chi connectivity index (χ2v) is 13.2. The van der Waals surface area contributed by atoms with Gasteiger partial charge in [0.05, 0.1) is 24.7 Å². The number of likely N-dealkylation sites (N-methyl/N-ethyl adjacent to an activating group) is 1. The lowest BCUT2D eigenvalue weighted by molar-refractivity contribution is -0.145. The van der Waals surface area contributed by atoms with Crippen molar-refractivity contribution >= 4 is 46.6 Å². The molecular weight excluding hydrogens is 566 g/mol. The van der Waals surface area contributed by atoms with Gasteiger partial charge < -0.3 is 20.3 Å². The molecule has 2 aliphatic rings. The van der Waals surface area contributed by atoms with Crippen molar-refractivity contribution in [1.29, 1.82) is 0 Å². The van der Waals surface area contributed by atoms with Crippen molar-refractivity contribution in [3.05, 3.63) is 24.0 Å². The number of nitrogens with one attached hydrogen (secondary N) is 2. The zero-order chi connectivity index (χ0) is 30.4. The number of likely N-dealkylation sites (tertiary alicyclic amines) is 1. The van der Waals surface area contributed by atoms with Crippen molar-refractivity contribution in [3.8, 4) is 5.75 Å². The summed E-state index contributed by atoms with van der Waals surface area (Å²) in [6.45, 7) is 9.17. The molecule has 0 radical (unpaired) electrons. The van der Waals surface area contributed by atoms with Gasteiger partial charge in [0.2, 0.25) is 5.91 Å². The molecule has 10 heteroatoms. The first-order valence-electron chi connectivity index (χ1n) is 15.6. The highest BCUT2D eigenvalue weighted by Gasteiger charge is 2.42. The molecule has 2 N–H and O–H groups in total. The molecule has 9 nitrogen and oxygen atoms in total. The number of nitrogens with zero attached hydrogens (tertiary/aromatic N) is 3. The van der Waals surface area contributed by atoms with Crippen LogP contribution in [-0.4, -0.2) is 71.7 Å². The smallest absolute Gasteiger partial charge is 0.227 e. The molecule has 2 heterocycles. The standard InChI is InChI=1S/C33H49N5O4.ClH/c1-21(34-5)28(39)17-25(33(2,3)4)32(41)38-14-10-13-27(38)29(40)16-23-15-24-26(18-30(23)42-6)36-20-37-31(24)35-19-22-11-8-7-9-12-22;/h15,18,20-22,25,27,34H,7-14,16-17,19H2,1-6H3,(H,35,36,37);1H/t21-,25+,27-;/m0./s1. The molecule has 2 fully saturated rings. The fourth-order valence-electron chi connectivity index (χ4n) is 6.40. The molecular formula is C33H50ClN5O4. The van der Waals surface area contributed by atoms with E-state index in [0.29, 0.717) is 24.6 Å². The number of anilines is 1. The third-order valence-electron chi connectivity index (χ3n) is 9.26. The molecule has 3 atom stereocenters. The summed E-state index contributed by atoms with van der Waals surface area (Å²) in [6, 6.07) is 2.99. The lowest BCUT2D eigenvalue weighted by atomic mass is 9.76. The molecule has 1 aliphatic carbocycles. The molecule has 0 bridgehead atoms. The Morgan fingerprint density at radius 1 is 1.07 bits per heavy atom. The summed E-state index contributed by atoms with van der Waals surface area (Å²) in [5.74, 6) is 1.39. The Labute approximate surface area is 262 Å². The molecule has 4 rings (SSSR count). The molecule has 1 saturated heterocycles. The van der Waals surface area contributed by atoms with Gasteiger partial charge in [0, 0.05) is 48.9 Å². The van der Waals surface area contributed by atoms with Crippen LogP contribution in [0, 0.1) is 17.3 Å². The van der Waals surface area contributed by atoms with Gasteiger partial charge in [0.1, 0.15) is 23.7 Å². The van der Waals surface area contributed by atoms with Crippen molar-refractivity contribution in [2.24, 2.45) is 17.3 Å². The van der Waals surface area contributed by atoms with Crippen molar-refractivity contribution in [2.45, 2.75) is 97.6 Å². The largest absolute Gasteiger partial charge is 0.496 e. The van der Waals surface area contributed by atoms with E-state index in [-0.39, 0.29) is 48.8 Å². The van der Waals surface area contributed by atoms with E-state index >= 15 is 0 Å². The average molecular weight is 616 g/mol. The zero-order valence-corrected chi connectivity index (χ0v) is 27.5. The third-order valence-corrected chi connectivity index (χ3v) is 9.26. The Hall–Kier alpha value is -2.78. The Kier molecular flexibility index (Phi) is 12.3. The van der Waals surface area contributed by atoms with Crippen LogP contribution in [0.4, 0.5) is 5.82 Å². The van der Waals surface area contributed by atoms with E-state index < -0.39 is 17.4 Å². The first-order valence-corrected chi connectivity index (χ1v) is 15.6. The molecule has 43 heavy (non-hydrogen) atoms. The minimum Gasteiger partial charge on any atom is -0.496 e. The Bertz CT molecular complexity index is 1270. The minimum atomic E-state index is -0.518. The summed E-state index contributed by atoms with van der Waals surface area (Å²) in [4.78, 5) is 51.3. The predicted molar refractivity (Wildman–Crippen MR) is 173 cm³/mol. The molecule has 0 spiro atoms. The number of ketones is 2. The second kappa shape index (κ2) is 15.3. The zero-order valence-electron chi connectivity index (χ0n) is 26.7. The topological polar surface area (TPSA) is 114 Å². The number of carbonyl (C=O) groups is 3. The van der Waals surface area contributed by atoms with Gasteiger partial charge >= 0.3 is 0 Å². The van der Waals surface area contributed by atoms with E-state index in [1.807, 2.05) is 39.8 Å². The number of ether oxygens (including phenoxy) is 1. The number of halogens is 1. The van der Waals surface area contributed by atoms with Gasteiger partial charge in [-0.3, -0.25) is 14.4 Å². The summed E-state index contributed by atoms with van der Waals surface area (Å²) in [5, 5.41) is 7.39. The molecule has 1 aromatic heterocycles. The normalized spacial score (nSPS) is 19.0. The molecule has 1 saturated carbocycles. The van der Waals surface area contributed by atoms with Crippen LogP contribution in [0.15, 0.2) is 18.5 Å². The molecule has 2 aromatic rings. The predicted octanol–water partition coefficient (Wildman–Crippen LogP) is 5.38. The highest BCUT2D eigenvalue weighted by Crippen LogP contribution is 2.35. The van der Waals surface area contributed by atoms with Crippen LogP contribution >= 0.6 is 12.4 Å². The van der Waals surface area contributed by atoms with E-state index in [1.165, 1.54) is 32.1 Å². The Morgan fingerprint density at radius 3 is 2.44 bits per heavy atom. The van der Waals surface area contributed by atoms with Crippen LogP contribution in [0.1, 0.15) is 84.6 Å². The third kappa shape index (κ3) is 8.44. The van der Waals surface area contributed by atoms with E-state index in [0.717, 1.165) is 35.2 Å². The highest BCUT2D eigenvalue weighted by molar-refractivity contribution is 5.96. The van der Waals surface area contributed by atoms with Crippen LogP contribution in [0.5, 0.6) is 5.75 Å². The van der Waals surface area contributed by atoms with Gasteiger partial charge in [-0.05, 0) is 57.1 Å². The Balaban J connectivity index is 0.00000506. The first-order chi connectivity index (χ1) is 20.0.